The summed E-state index contributed by atoms with van der Waals surface area (Å²) in [5, 5.41) is 9.83. The number of pyridine rings is 1. The first-order chi connectivity index (χ1) is 8.68. The lowest BCUT2D eigenvalue weighted by atomic mass is 10.2. The van der Waals surface area contributed by atoms with Gasteiger partial charge in [-0.15, -0.1) is 0 Å². The quantitative estimate of drug-likeness (QED) is 0.846. The van der Waals surface area contributed by atoms with E-state index in [-0.39, 0.29) is 5.91 Å². The average Bonchev–Trinajstić information content (AvgIpc) is 2.84. The van der Waals surface area contributed by atoms with Gasteiger partial charge < -0.3 is 10.2 Å². The summed E-state index contributed by atoms with van der Waals surface area (Å²) in [7, 11) is 3.42. The smallest absolute Gasteiger partial charge is 0.258 e. The van der Waals surface area contributed by atoms with E-state index in [1.165, 1.54) is 11.1 Å². The molecule has 0 spiro atoms. The van der Waals surface area contributed by atoms with Crippen molar-refractivity contribution < 1.29 is 4.79 Å². The lowest BCUT2D eigenvalue weighted by Crippen LogP contribution is -2.22. The van der Waals surface area contributed by atoms with Crippen LogP contribution in [-0.4, -0.2) is 40.1 Å². The van der Waals surface area contributed by atoms with E-state index in [9.17, 15) is 4.79 Å². The molecule has 0 fully saturated rings. The third kappa shape index (κ3) is 2.65. The molecule has 2 N–H and O–H groups in total. The highest BCUT2D eigenvalue weighted by Gasteiger charge is 2.14. The monoisotopic (exact) mass is 245 g/mol. The Hall–Kier alpha value is -2.37. The third-order valence-electron chi connectivity index (χ3n) is 2.49. The number of amides is 1. The fourth-order valence-corrected chi connectivity index (χ4v) is 1.52. The highest BCUT2D eigenvalue weighted by atomic mass is 16.2. The van der Waals surface area contributed by atoms with Crippen molar-refractivity contribution in [3.05, 3.63) is 41.9 Å². The van der Waals surface area contributed by atoms with E-state index in [0.29, 0.717) is 17.9 Å². The van der Waals surface area contributed by atoms with Crippen molar-refractivity contribution in [2.24, 2.45) is 0 Å². The molecule has 1 amide bonds. The molecule has 2 rings (SSSR count). The summed E-state index contributed by atoms with van der Waals surface area (Å²) in [4.78, 5) is 17.3. The van der Waals surface area contributed by atoms with Crippen LogP contribution < -0.4 is 5.32 Å². The maximum Gasteiger partial charge on any atom is 0.258 e. The summed E-state index contributed by atoms with van der Waals surface area (Å²) >= 11 is 0. The van der Waals surface area contributed by atoms with Gasteiger partial charge in [-0.3, -0.25) is 14.9 Å². The van der Waals surface area contributed by atoms with Gasteiger partial charge in [0.2, 0.25) is 0 Å². The normalized spacial score (nSPS) is 10.1. The summed E-state index contributed by atoms with van der Waals surface area (Å²) in [6, 6.07) is 3.83. The topological polar surface area (TPSA) is 73.9 Å². The number of nitrogens with zero attached hydrogens (tertiary/aromatic N) is 3. The van der Waals surface area contributed by atoms with Crippen LogP contribution in [0.15, 0.2) is 30.7 Å². The van der Waals surface area contributed by atoms with Gasteiger partial charge in [-0.25, -0.2) is 0 Å². The van der Waals surface area contributed by atoms with Crippen LogP contribution in [-0.2, 0) is 6.54 Å². The molecule has 6 heteroatoms. The van der Waals surface area contributed by atoms with Crippen LogP contribution in [0.5, 0.6) is 0 Å². The first kappa shape index (κ1) is 12.1. The summed E-state index contributed by atoms with van der Waals surface area (Å²) in [5.41, 5.74) is 1.62. The van der Waals surface area contributed by atoms with Gasteiger partial charge in [-0.05, 0) is 17.7 Å². The fraction of sp³-hybridized carbons (Fsp3) is 0.250. The lowest BCUT2D eigenvalue weighted by molar-refractivity contribution is 0.0828. The summed E-state index contributed by atoms with van der Waals surface area (Å²) in [6.07, 6.45) is 4.99. The van der Waals surface area contributed by atoms with Gasteiger partial charge in [0.15, 0.2) is 0 Å². The van der Waals surface area contributed by atoms with Crippen LogP contribution in [0, 0.1) is 0 Å². The van der Waals surface area contributed by atoms with Crippen molar-refractivity contribution in [1.82, 2.24) is 20.1 Å². The molecule has 18 heavy (non-hydrogen) atoms. The second-order valence-electron chi connectivity index (χ2n) is 4.07. The minimum absolute atomic E-state index is 0.0824. The Morgan fingerprint density at radius 1 is 1.39 bits per heavy atom. The molecule has 0 saturated heterocycles. The Morgan fingerprint density at radius 2 is 2.11 bits per heavy atom. The molecule has 0 unspecified atom stereocenters. The van der Waals surface area contributed by atoms with E-state index < -0.39 is 0 Å². The molecule has 2 aromatic heterocycles. The Kier molecular flexibility index (Phi) is 3.57. The van der Waals surface area contributed by atoms with Gasteiger partial charge in [0.05, 0.1) is 6.20 Å². The van der Waals surface area contributed by atoms with Crippen molar-refractivity contribution in [2.75, 3.05) is 19.4 Å². The SMILES string of the molecule is CN(C)C(=O)c1cn[nH]c1NCc1ccncc1. The molecule has 94 valence electrons. The van der Waals surface area contributed by atoms with Crippen LogP contribution in [0.25, 0.3) is 0 Å². The first-order valence-corrected chi connectivity index (χ1v) is 5.56. The molecule has 0 radical (unpaired) electrons. The largest absolute Gasteiger partial charge is 0.366 e. The lowest BCUT2D eigenvalue weighted by Gasteiger charge is -2.11. The zero-order chi connectivity index (χ0) is 13.0. The van der Waals surface area contributed by atoms with Gasteiger partial charge in [-0.2, -0.15) is 5.10 Å². The standard InChI is InChI=1S/C12H15N5O/c1-17(2)12(18)10-8-15-16-11(10)14-7-9-3-5-13-6-4-9/h3-6,8H,7H2,1-2H3,(H2,14,15,16). The van der Waals surface area contributed by atoms with Crippen molar-refractivity contribution in [3.63, 3.8) is 0 Å². The molecule has 0 aliphatic carbocycles. The summed E-state index contributed by atoms with van der Waals surface area (Å²) in [5.74, 6) is 0.548. The minimum atomic E-state index is -0.0824. The van der Waals surface area contributed by atoms with Crippen LogP contribution >= 0.6 is 0 Å². The van der Waals surface area contributed by atoms with E-state index in [0.717, 1.165) is 5.56 Å². The molecule has 2 aromatic rings. The highest BCUT2D eigenvalue weighted by Crippen LogP contribution is 2.13. The first-order valence-electron chi connectivity index (χ1n) is 5.56. The second-order valence-corrected chi connectivity index (χ2v) is 4.07. The third-order valence-corrected chi connectivity index (χ3v) is 2.49. The number of hydrogen-bond acceptors (Lipinski definition) is 4. The van der Waals surface area contributed by atoms with E-state index in [2.05, 4.69) is 20.5 Å². The van der Waals surface area contributed by atoms with Crippen molar-refractivity contribution >= 4 is 11.7 Å². The van der Waals surface area contributed by atoms with E-state index in [4.69, 9.17) is 0 Å². The maximum absolute atomic E-state index is 11.9. The molecule has 2 heterocycles. The van der Waals surface area contributed by atoms with Gasteiger partial charge in [-0.1, -0.05) is 0 Å². The molecule has 0 aromatic carbocycles. The molecule has 0 aliphatic heterocycles. The fourth-order valence-electron chi connectivity index (χ4n) is 1.52. The predicted octanol–water partition coefficient (Wildman–Crippen LogP) is 1.12. The Bertz CT molecular complexity index is 520. The summed E-state index contributed by atoms with van der Waals surface area (Å²) < 4.78 is 0. The van der Waals surface area contributed by atoms with E-state index in [1.54, 1.807) is 26.5 Å². The molecular formula is C12H15N5O. The Balaban J connectivity index is 2.07. The molecule has 0 atom stereocenters. The van der Waals surface area contributed by atoms with E-state index >= 15 is 0 Å². The number of hydrogen-bond donors (Lipinski definition) is 2. The molecule has 6 nitrogen and oxygen atoms in total. The number of aromatic nitrogens is 3. The Morgan fingerprint density at radius 3 is 2.78 bits per heavy atom. The molecule has 0 aliphatic rings. The van der Waals surface area contributed by atoms with Crippen molar-refractivity contribution in [2.45, 2.75) is 6.54 Å². The van der Waals surface area contributed by atoms with Crippen LogP contribution in [0.4, 0.5) is 5.82 Å². The highest BCUT2D eigenvalue weighted by molar-refractivity contribution is 5.98. The van der Waals surface area contributed by atoms with Crippen molar-refractivity contribution in [3.8, 4) is 0 Å². The molecule has 0 bridgehead atoms. The number of H-pyrrole nitrogens is 1. The number of aromatic amines is 1. The average molecular weight is 245 g/mol. The second kappa shape index (κ2) is 5.31. The summed E-state index contributed by atoms with van der Waals surface area (Å²) in [6.45, 7) is 0.610. The van der Waals surface area contributed by atoms with Crippen LogP contribution in [0.3, 0.4) is 0 Å². The van der Waals surface area contributed by atoms with Crippen LogP contribution in [0.2, 0.25) is 0 Å². The number of carbonyl (C=O) groups excluding carboxylic acids is 1. The van der Waals surface area contributed by atoms with E-state index in [1.807, 2.05) is 12.1 Å². The zero-order valence-corrected chi connectivity index (χ0v) is 10.3. The van der Waals surface area contributed by atoms with Gasteiger partial charge >= 0.3 is 0 Å². The van der Waals surface area contributed by atoms with Gasteiger partial charge in [0.25, 0.3) is 5.91 Å². The van der Waals surface area contributed by atoms with Gasteiger partial charge in [0.1, 0.15) is 11.4 Å². The van der Waals surface area contributed by atoms with Crippen LogP contribution in [0.1, 0.15) is 15.9 Å². The number of nitrogens with one attached hydrogen (secondary N) is 2. The Labute approximate surface area is 105 Å². The number of carbonyl (C=O) groups is 1. The maximum atomic E-state index is 11.9. The van der Waals surface area contributed by atoms with Gasteiger partial charge in [0, 0.05) is 33.0 Å². The number of anilines is 1. The molecule has 0 saturated carbocycles. The molecular weight excluding hydrogens is 230 g/mol. The number of rotatable bonds is 4. The minimum Gasteiger partial charge on any atom is -0.366 e. The predicted molar refractivity (Wildman–Crippen MR) is 68.2 cm³/mol. The zero-order valence-electron chi connectivity index (χ0n) is 10.3. The van der Waals surface area contributed by atoms with Crippen molar-refractivity contribution in [1.29, 1.82) is 0 Å².